The zero-order valence-electron chi connectivity index (χ0n) is 54.5. The Kier molecular flexibility index (Phi) is 50.4. The maximum absolute atomic E-state index is 4.91. The molecular weight excluding hydrogens is 1000 g/mol. The van der Waals surface area contributed by atoms with Crippen molar-refractivity contribution in [3.05, 3.63) is 54.7 Å². The standard InChI is InChI=1S/C72H132N10/c1-4-7-10-13-16-19-22-25-28-31-34-37-40-43-46-49-58-80-64-55-76-70(80)67-73-52-61-79(62-53-74-68-71-77-56-65-81(71)59-50-47-44-41-38-35-32-29-26-23-20-17-14-11-8-5-2)63-54-75-69-72-78-57-66-82(72)60-51-48-45-42-39-36-33-30-27-24-21-18-15-12-9-6-3/h55-57,64-69H,4-54,58-63H2,1-3H3. The van der Waals surface area contributed by atoms with Crippen LogP contribution in [0.15, 0.2) is 52.2 Å². The molecule has 0 atom stereocenters. The van der Waals surface area contributed by atoms with Gasteiger partial charge in [-0.05, 0) is 19.3 Å². The van der Waals surface area contributed by atoms with Gasteiger partial charge in [0.2, 0.25) is 0 Å². The van der Waals surface area contributed by atoms with E-state index in [-0.39, 0.29) is 0 Å². The minimum Gasteiger partial charge on any atom is -0.330 e. The molecule has 0 saturated carbocycles. The Morgan fingerprint density at radius 2 is 0.463 bits per heavy atom. The monoisotopic (exact) mass is 1140 g/mol. The maximum atomic E-state index is 4.91. The summed E-state index contributed by atoms with van der Waals surface area (Å²) in [5.41, 5.74) is 0. The Balaban J connectivity index is 1.36. The molecule has 470 valence electrons. The first kappa shape index (κ1) is 72.9. The van der Waals surface area contributed by atoms with Crippen molar-refractivity contribution in [3.63, 3.8) is 0 Å². The number of imidazole rings is 3. The number of hydrogen-bond acceptors (Lipinski definition) is 7. The molecule has 0 N–H and O–H groups in total. The van der Waals surface area contributed by atoms with Gasteiger partial charge < -0.3 is 13.7 Å². The first-order valence-corrected chi connectivity index (χ1v) is 36.0. The quantitative estimate of drug-likeness (QED) is 0.0416. The van der Waals surface area contributed by atoms with Gasteiger partial charge in [-0.25, -0.2) is 15.0 Å². The zero-order valence-corrected chi connectivity index (χ0v) is 54.5. The highest BCUT2D eigenvalue weighted by molar-refractivity contribution is 5.75. The highest BCUT2D eigenvalue weighted by atomic mass is 15.2. The number of unbranched alkanes of at least 4 members (excludes halogenated alkanes) is 45. The SMILES string of the molecule is CCCCCCCCCCCCCCCCCCn1ccnc1C=NCCN(CCN=Cc1nccn1CCCCCCCCCCCCCCCCCC)CCN=Cc1nccn1CCCCCCCCCCCCCCCCCC. The molecule has 0 aliphatic carbocycles. The second kappa shape index (κ2) is 56.7. The smallest absolute Gasteiger partial charge is 0.150 e. The summed E-state index contributed by atoms with van der Waals surface area (Å²) in [6.45, 7) is 14.6. The van der Waals surface area contributed by atoms with Crippen LogP contribution in [0.1, 0.15) is 346 Å². The fourth-order valence-electron chi connectivity index (χ4n) is 11.8. The third-order valence-electron chi connectivity index (χ3n) is 17.3. The molecule has 0 radical (unpaired) electrons. The summed E-state index contributed by atoms with van der Waals surface area (Å²) in [6, 6.07) is 0. The lowest BCUT2D eigenvalue weighted by atomic mass is 10.0. The molecule has 0 bridgehead atoms. The van der Waals surface area contributed by atoms with Gasteiger partial charge >= 0.3 is 0 Å². The van der Waals surface area contributed by atoms with Crippen molar-refractivity contribution < 1.29 is 0 Å². The first-order valence-electron chi connectivity index (χ1n) is 36.0. The Bertz CT molecular complexity index is 1650. The average Bonchev–Trinajstić information content (AvgIpc) is 4.29. The summed E-state index contributed by atoms with van der Waals surface area (Å²) in [6.07, 6.45) is 84.9. The van der Waals surface area contributed by atoms with E-state index < -0.39 is 0 Å². The van der Waals surface area contributed by atoms with Gasteiger partial charge in [0, 0.05) is 76.4 Å². The molecule has 10 heteroatoms. The van der Waals surface area contributed by atoms with Crippen molar-refractivity contribution in [2.75, 3.05) is 39.3 Å². The van der Waals surface area contributed by atoms with Gasteiger partial charge in [0.15, 0.2) is 17.5 Å². The van der Waals surface area contributed by atoms with E-state index >= 15 is 0 Å². The number of rotatable bonds is 63. The Labute approximate surface area is 507 Å². The number of aliphatic imine (C=N–C) groups is 3. The second-order valence-electron chi connectivity index (χ2n) is 24.8. The first-order chi connectivity index (χ1) is 40.7. The molecule has 3 aromatic rings. The molecule has 0 saturated heterocycles. The largest absolute Gasteiger partial charge is 0.330 e. The van der Waals surface area contributed by atoms with Crippen LogP contribution in [0, 0.1) is 0 Å². The van der Waals surface area contributed by atoms with Gasteiger partial charge in [-0.15, -0.1) is 0 Å². The lowest BCUT2D eigenvalue weighted by Crippen LogP contribution is -2.31. The second-order valence-corrected chi connectivity index (χ2v) is 24.8. The summed E-state index contributed by atoms with van der Waals surface area (Å²) >= 11 is 0. The van der Waals surface area contributed by atoms with Crippen LogP contribution in [0.2, 0.25) is 0 Å². The van der Waals surface area contributed by atoms with Crippen molar-refractivity contribution in [1.82, 2.24) is 33.6 Å². The van der Waals surface area contributed by atoms with Gasteiger partial charge in [-0.2, -0.15) is 0 Å². The summed E-state index contributed by atoms with van der Waals surface area (Å²) in [4.78, 5) is 31.2. The fraction of sp³-hybridized carbons (Fsp3) is 0.833. The average molecular weight is 1140 g/mol. The van der Waals surface area contributed by atoms with E-state index in [1.54, 1.807) is 0 Å². The van der Waals surface area contributed by atoms with Crippen LogP contribution in [0.25, 0.3) is 0 Å². The molecule has 3 rings (SSSR count). The van der Waals surface area contributed by atoms with Gasteiger partial charge in [0.1, 0.15) is 0 Å². The number of aryl methyl sites for hydroxylation is 3. The molecule has 0 amide bonds. The van der Waals surface area contributed by atoms with Crippen molar-refractivity contribution in [2.24, 2.45) is 15.0 Å². The van der Waals surface area contributed by atoms with Gasteiger partial charge in [0.25, 0.3) is 0 Å². The molecule has 3 aromatic heterocycles. The molecule has 10 nitrogen and oxygen atoms in total. The van der Waals surface area contributed by atoms with Crippen LogP contribution in [-0.2, 0) is 19.6 Å². The van der Waals surface area contributed by atoms with Crippen LogP contribution >= 0.6 is 0 Å². The van der Waals surface area contributed by atoms with E-state index in [4.69, 9.17) is 15.0 Å². The summed E-state index contributed by atoms with van der Waals surface area (Å²) < 4.78 is 6.84. The van der Waals surface area contributed by atoms with E-state index in [9.17, 15) is 0 Å². The molecule has 0 aliphatic heterocycles. The fourth-order valence-corrected chi connectivity index (χ4v) is 11.8. The third kappa shape index (κ3) is 42.4. The molecule has 0 fully saturated rings. The van der Waals surface area contributed by atoms with E-state index in [1.807, 2.05) is 37.2 Å². The predicted molar refractivity (Wildman–Crippen MR) is 359 cm³/mol. The molecule has 82 heavy (non-hydrogen) atoms. The highest BCUT2D eigenvalue weighted by Gasteiger charge is 2.07. The van der Waals surface area contributed by atoms with Gasteiger partial charge in [-0.3, -0.25) is 19.9 Å². The maximum Gasteiger partial charge on any atom is 0.150 e. The third-order valence-corrected chi connectivity index (χ3v) is 17.3. The van der Waals surface area contributed by atoms with Crippen LogP contribution in [0.4, 0.5) is 0 Å². The van der Waals surface area contributed by atoms with Crippen molar-refractivity contribution in [2.45, 2.75) is 349 Å². The number of nitrogens with zero attached hydrogens (tertiary/aromatic N) is 10. The van der Waals surface area contributed by atoms with E-state index in [0.29, 0.717) is 19.6 Å². The minimum atomic E-state index is 0.715. The Morgan fingerprint density at radius 1 is 0.280 bits per heavy atom. The minimum absolute atomic E-state index is 0.715. The number of hydrogen-bond donors (Lipinski definition) is 0. The van der Waals surface area contributed by atoms with Crippen LogP contribution < -0.4 is 0 Å². The molecule has 0 unspecified atom stereocenters. The summed E-state index contributed by atoms with van der Waals surface area (Å²) in [5.74, 6) is 2.89. The normalized spacial score (nSPS) is 12.1. The molecule has 3 heterocycles. The van der Waals surface area contributed by atoms with Crippen molar-refractivity contribution in [3.8, 4) is 0 Å². The Morgan fingerprint density at radius 3 is 0.659 bits per heavy atom. The topological polar surface area (TPSA) is 93.8 Å². The van der Waals surface area contributed by atoms with Gasteiger partial charge in [-0.1, -0.05) is 310 Å². The Hall–Kier alpha value is -3.40. The highest BCUT2D eigenvalue weighted by Crippen LogP contribution is 2.18. The van der Waals surface area contributed by atoms with E-state index in [1.165, 1.54) is 308 Å². The van der Waals surface area contributed by atoms with E-state index in [2.05, 4.69) is 72.9 Å². The van der Waals surface area contributed by atoms with Crippen molar-refractivity contribution in [1.29, 1.82) is 0 Å². The summed E-state index contributed by atoms with van der Waals surface area (Å²) in [5, 5.41) is 0. The van der Waals surface area contributed by atoms with Crippen LogP contribution in [-0.4, -0.2) is 91.5 Å². The molecule has 0 aliphatic rings. The van der Waals surface area contributed by atoms with Crippen LogP contribution in [0.3, 0.4) is 0 Å². The van der Waals surface area contributed by atoms with Crippen LogP contribution in [0.5, 0.6) is 0 Å². The van der Waals surface area contributed by atoms with Gasteiger partial charge in [0.05, 0.1) is 38.3 Å². The predicted octanol–water partition coefficient (Wildman–Crippen LogP) is 21.0. The number of aromatic nitrogens is 6. The molecular formula is C72H132N10. The molecule has 0 spiro atoms. The van der Waals surface area contributed by atoms with E-state index in [0.717, 1.165) is 56.7 Å². The molecule has 0 aromatic carbocycles. The lowest BCUT2D eigenvalue weighted by Gasteiger charge is -2.19. The lowest BCUT2D eigenvalue weighted by molar-refractivity contribution is 0.298. The van der Waals surface area contributed by atoms with Crippen molar-refractivity contribution >= 4 is 18.6 Å². The summed E-state index contributed by atoms with van der Waals surface area (Å²) in [7, 11) is 0. The zero-order chi connectivity index (χ0) is 58.0.